The molecule has 0 aliphatic carbocycles. The second kappa shape index (κ2) is 8.33. The summed E-state index contributed by atoms with van der Waals surface area (Å²) >= 11 is 0. The van der Waals surface area contributed by atoms with E-state index in [1.807, 2.05) is 19.1 Å². The summed E-state index contributed by atoms with van der Waals surface area (Å²) in [6.45, 7) is 5.24. The van der Waals surface area contributed by atoms with Crippen LogP contribution in [-0.2, 0) is 16.0 Å². The second-order valence-electron chi connectivity index (χ2n) is 7.17. The Morgan fingerprint density at radius 2 is 1.93 bits per heavy atom. The van der Waals surface area contributed by atoms with Crippen molar-refractivity contribution >= 4 is 11.9 Å². The van der Waals surface area contributed by atoms with Crippen LogP contribution in [0.2, 0.25) is 0 Å². The molecule has 1 aromatic heterocycles. The number of rotatable bonds is 5. The quantitative estimate of drug-likeness (QED) is 0.761. The van der Waals surface area contributed by atoms with Crippen LogP contribution >= 0.6 is 0 Å². The van der Waals surface area contributed by atoms with E-state index in [0.717, 1.165) is 24.0 Å². The molecule has 1 aliphatic heterocycles. The Bertz CT molecular complexity index is 806. The van der Waals surface area contributed by atoms with Crippen LogP contribution in [0.25, 0.3) is 0 Å². The summed E-state index contributed by atoms with van der Waals surface area (Å²) in [4.78, 5) is 31.7. The maximum atomic E-state index is 13.0. The first-order chi connectivity index (χ1) is 13.1. The number of benzene rings is 1. The van der Waals surface area contributed by atoms with Gasteiger partial charge in [-0.3, -0.25) is 14.6 Å². The highest BCUT2D eigenvalue weighted by molar-refractivity contribution is 5.94. The molecule has 2 heterocycles. The molecule has 27 heavy (non-hydrogen) atoms. The minimum atomic E-state index is -0.705. The number of likely N-dealkylation sites (tertiary alicyclic amines) is 1. The van der Waals surface area contributed by atoms with Crippen LogP contribution in [0.1, 0.15) is 41.3 Å². The van der Waals surface area contributed by atoms with Gasteiger partial charge in [-0.2, -0.15) is 0 Å². The van der Waals surface area contributed by atoms with Crippen molar-refractivity contribution in [3.63, 3.8) is 0 Å². The van der Waals surface area contributed by atoms with Crippen LogP contribution in [0.3, 0.4) is 0 Å². The van der Waals surface area contributed by atoms with Crippen LogP contribution < -0.4 is 0 Å². The molecule has 2 aromatic rings. The SMILES string of the molecule is CCOC(=O)C1(Cc2ccccc2C)CCCN(C(=O)c2ccncc2)C1. The van der Waals surface area contributed by atoms with Crippen molar-refractivity contribution in [2.75, 3.05) is 19.7 Å². The predicted octanol–water partition coefficient (Wildman–Crippen LogP) is 3.42. The van der Waals surface area contributed by atoms with Crippen molar-refractivity contribution in [1.29, 1.82) is 0 Å². The van der Waals surface area contributed by atoms with Gasteiger partial charge < -0.3 is 9.64 Å². The molecule has 1 atom stereocenters. The van der Waals surface area contributed by atoms with Gasteiger partial charge in [0.05, 0.1) is 12.0 Å². The van der Waals surface area contributed by atoms with Crippen molar-refractivity contribution in [2.24, 2.45) is 5.41 Å². The summed E-state index contributed by atoms with van der Waals surface area (Å²) < 4.78 is 5.44. The molecule has 5 nitrogen and oxygen atoms in total. The molecule has 1 saturated heterocycles. The summed E-state index contributed by atoms with van der Waals surface area (Å²) in [5.41, 5.74) is 2.17. The molecular weight excluding hydrogens is 340 g/mol. The highest BCUT2D eigenvalue weighted by atomic mass is 16.5. The highest BCUT2D eigenvalue weighted by Gasteiger charge is 2.45. The van der Waals surface area contributed by atoms with Crippen molar-refractivity contribution in [3.05, 3.63) is 65.5 Å². The standard InChI is InChI=1S/C22H26N2O3/c1-3-27-21(26)22(15-19-8-5-4-7-17(19)2)11-6-14-24(16-22)20(25)18-9-12-23-13-10-18/h4-5,7-10,12-13H,3,6,11,14-16H2,1-2H3. The number of pyridine rings is 1. The van der Waals surface area contributed by atoms with E-state index in [9.17, 15) is 9.59 Å². The monoisotopic (exact) mass is 366 g/mol. The number of piperidine rings is 1. The number of ether oxygens (including phenoxy) is 1. The van der Waals surface area contributed by atoms with Gasteiger partial charge in [0.2, 0.25) is 0 Å². The summed E-state index contributed by atoms with van der Waals surface area (Å²) in [6, 6.07) is 11.5. The number of nitrogens with zero attached hydrogens (tertiary/aromatic N) is 2. The van der Waals surface area contributed by atoms with E-state index in [4.69, 9.17) is 4.74 Å². The third-order valence-electron chi connectivity index (χ3n) is 5.29. The first kappa shape index (κ1) is 19.1. The van der Waals surface area contributed by atoms with Gasteiger partial charge in [-0.15, -0.1) is 0 Å². The zero-order chi connectivity index (χ0) is 19.3. The van der Waals surface area contributed by atoms with Gasteiger partial charge in [-0.25, -0.2) is 0 Å². The third kappa shape index (κ3) is 4.18. The molecule has 1 fully saturated rings. The molecule has 0 saturated carbocycles. The van der Waals surface area contributed by atoms with Gasteiger partial charge in [-0.05, 0) is 56.4 Å². The van der Waals surface area contributed by atoms with E-state index in [1.165, 1.54) is 0 Å². The summed E-state index contributed by atoms with van der Waals surface area (Å²) in [5, 5.41) is 0. The summed E-state index contributed by atoms with van der Waals surface area (Å²) in [6.07, 6.45) is 5.31. The largest absolute Gasteiger partial charge is 0.466 e. The normalized spacial score (nSPS) is 19.6. The molecule has 1 amide bonds. The lowest BCUT2D eigenvalue weighted by Gasteiger charge is -2.41. The maximum Gasteiger partial charge on any atom is 0.314 e. The van der Waals surface area contributed by atoms with Crippen molar-refractivity contribution in [3.8, 4) is 0 Å². The number of carbonyl (C=O) groups excluding carboxylic acids is 2. The Balaban J connectivity index is 1.89. The zero-order valence-corrected chi connectivity index (χ0v) is 16.0. The third-order valence-corrected chi connectivity index (χ3v) is 5.29. The number of hydrogen-bond acceptors (Lipinski definition) is 4. The van der Waals surface area contributed by atoms with Crippen LogP contribution in [-0.4, -0.2) is 41.5 Å². The molecular formula is C22H26N2O3. The number of hydrogen-bond donors (Lipinski definition) is 0. The van der Waals surface area contributed by atoms with Crippen LogP contribution in [0, 0.1) is 12.3 Å². The Morgan fingerprint density at radius 1 is 1.19 bits per heavy atom. The number of aryl methyl sites for hydroxylation is 1. The summed E-state index contributed by atoms with van der Waals surface area (Å²) in [7, 11) is 0. The minimum absolute atomic E-state index is 0.0597. The van der Waals surface area contributed by atoms with E-state index >= 15 is 0 Å². The number of carbonyl (C=O) groups is 2. The minimum Gasteiger partial charge on any atom is -0.466 e. The Hall–Kier alpha value is -2.69. The highest BCUT2D eigenvalue weighted by Crippen LogP contribution is 2.36. The van der Waals surface area contributed by atoms with Crippen LogP contribution in [0.4, 0.5) is 0 Å². The molecule has 0 N–H and O–H groups in total. The summed E-state index contributed by atoms with van der Waals surface area (Å²) in [5.74, 6) is -0.268. The molecule has 0 bridgehead atoms. The van der Waals surface area contributed by atoms with Gasteiger partial charge in [-0.1, -0.05) is 24.3 Å². The Morgan fingerprint density at radius 3 is 2.63 bits per heavy atom. The van der Waals surface area contributed by atoms with E-state index in [-0.39, 0.29) is 11.9 Å². The van der Waals surface area contributed by atoms with Gasteiger partial charge in [0.15, 0.2) is 0 Å². The fraction of sp³-hybridized carbons (Fsp3) is 0.409. The predicted molar refractivity (Wildman–Crippen MR) is 103 cm³/mol. The lowest BCUT2D eigenvalue weighted by Crippen LogP contribution is -2.51. The molecule has 142 valence electrons. The fourth-order valence-corrected chi connectivity index (χ4v) is 3.82. The maximum absolute atomic E-state index is 13.0. The molecule has 1 unspecified atom stereocenters. The average molecular weight is 366 g/mol. The van der Waals surface area contributed by atoms with Crippen LogP contribution in [0.5, 0.6) is 0 Å². The first-order valence-corrected chi connectivity index (χ1v) is 9.47. The second-order valence-corrected chi connectivity index (χ2v) is 7.17. The van der Waals surface area contributed by atoms with E-state index in [2.05, 4.69) is 24.0 Å². The molecule has 3 rings (SSSR count). The number of aromatic nitrogens is 1. The lowest BCUT2D eigenvalue weighted by atomic mass is 9.74. The number of esters is 1. The fourth-order valence-electron chi connectivity index (χ4n) is 3.82. The molecule has 1 aromatic carbocycles. The van der Waals surface area contributed by atoms with E-state index < -0.39 is 5.41 Å². The smallest absolute Gasteiger partial charge is 0.314 e. The topological polar surface area (TPSA) is 59.5 Å². The Kier molecular flexibility index (Phi) is 5.89. The molecule has 5 heteroatoms. The Labute approximate surface area is 160 Å². The van der Waals surface area contributed by atoms with Gasteiger partial charge in [0.25, 0.3) is 5.91 Å². The molecule has 1 aliphatic rings. The van der Waals surface area contributed by atoms with Crippen LogP contribution in [0.15, 0.2) is 48.8 Å². The van der Waals surface area contributed by atoms with Crippen molar-refractivity contribution in [1.82, 2.24) is 9.88 Å². The molecule has 0 spiro atoms. The molecule has 0 radical (unpaired) electrons. The van der Waals surface area contributed by atoms with Crippen molar-refractivity contribution in [2.45, 2.75) is 33.1 Å². The zero-order valence-electron chi connectivity index (χ0n) is 16.0. The lowest BCUT2D eigenvalue weighted by molar-refractivity contribution is -0.158. The van der Waals surface area contributed by atoms with Gasteiger partial charge >= 0.3 is 5.97 Å². The van der Waals surface area contributed by atoms with Crippen molar-refractivity contribution < 1.29 is 14.3 Å². The number of amides is 1. The average Bonchev–Trinajstić information content (AvgIpc) is 2.70. The van der Waals surface area contributed by atoms with E-state index in [1.54, 1.807) is 29.4 Å². The first-order valence-electron chi connectivity index (χ1n) is 9.47. The van der Waals surface area contributed by atoms with E-state index in [0.29, 0.717) is 31.7 Å². The van der Waals surface area contributed by atoms with Gasteiger partial charge in [0, 0.05) is 31.0 Å². The van der Waals surface area contributed by atoms with Gasteiger partial charge in [0.1, 0.15) is 0 Å².